The lowest BCUT2D eigenvalue weighted by molar-refractivity contribution is 0.190. The smallest absolute Gasteiger partial charge is 0.317 e. The lowest BCUT2D eigenvalue weighted by Crippen LogP contribution is -2.39. The molecule has 0 aromatic carbocycles. The number of amides is 2. The molecule has 0 bridgehead atoms. The van der Waals surface area contributed by atoms with Crippen LogP contribution in [0.15, 0.2) is 0 Å². The van der Waals surface area contributed by atoms with Crippen molar-refractivity contribution in [2.24, 2.45) is 11.8 Å². The predicted molar refractivity (Wildman–Crippen MR) is 71.5 cm³/mol. The number of nitrogens with one attached hydrogen (secondary N) is 1. The number of carbonyl (C=O) groups excluding carboxylic acids is 1. The number of methoxy groups -OCH3 is 1. The molecule has 1 aliphatic heterocycles. The minimum Gasteiger partial charge on any atom is -0.385 e. The SMILES string of the molecule is COCCCCNC(=O)N1C[C@@H]2CCCC[C@H]2C1. The molecular formula is C14H26N2O2. The fraction of sp³-hybridized carbons (Fsp3) is 0.929. The number of unbranched alkanes of at least 4 members (excludes halogenated alkanes) is 1. The Morgan fingerprint density at radius 1 is 1.22 bits per heavy atom. The lowest BCUT2D eigenvalue weighted by atomic mass is 9.82. The van der Waals surface area contributed by atoms with Crippen LogP contribution in [0.25, 0.3) is 0 Å². The summed E-state index contributed by atoms with van der Waals surface area (Å²) in [6, 6.07) is 0.141. The van der Waals surface area contributed by atoms with Crippen LogP contribution in [0.3, 0.4) is 0 Å². The second kappa shape index (κ2) is 6.98. The summed E-state index contributed by atoms with van der Waals surface area (Å²) in [4.78, 5) is 14.0. The molecule has 18 heavy (non-hydrogen) atoms. The molecule has 1 N–H and O–H groups in total. The van der Waals surface area contributed by atoms with E-state index in [4.69, 9.17) is 4.74 Å². The monoisotopic (exact) mass is 254 g/mol. The normalized spacial score (nSPS) is 27.1. The van der Waals surface area contributed by atoms with Crippen molar-refractivity contribution in [2.45, 2.75) is 38.5 Å². The Bertz CT molecular complexity index is 257. The summed E-state index contributed by atoms with van der Waals surface area (Å²) < 4.78 is 4.99. The number of rotatable bonds is 5. The molecular weight excluding hydrogens is 228 g/mol. The maximum Gasteiger partial charge on any atom is 0.317 e. The van der Waals surface area contributed by atoms with Crippen molar-refractivity contribution >= 4 is 6.03 Å². The van der Waals surface area contributed by atoms with E-state index in [2.05, 4.69) is 5.32 Å². The molecule has 2 rings (SSSR count). The number of urea groups is 1. The molecule has 0 spiro atoms. The third kappa shape index (κ3) is 3.61. The molecule has 0 aromatic rings. The van der Waals surface area contributed by atoms with Gasteiger partial charge in [-0.25, -0.2) is 4.79 Å². The van der Waals surface area contributed by atoms with Crippen LogP contribution < -0.4 is 5.32 Å². The molecule has 2 aliphatic rings. The molecule has 0 aromatic heterocycles. The summed E-state index contributed by atoms with van der Waals surface area (Å²) in [6.07, 6.45) is 7.37. The minimum atomic E-state index is 0.141. The highest BCUT2D eigenvalue weighted by Crippen LogP contribution is 2.35. The van der Waals surface area contributed by atoms with E-state index in [0.717, 1.165) is 50.9 Å². The van der Waals surface area contributed by atoms with Crippen LogP contribution >= 0.6 is 0 Å². The van der Waals surface area contributed by atoms with Gasteiger partial charge in [0.25, 0.3) is 0 Å². The van der Waals surface area contributed by atoms with Crippen molar-refractivity contribution in [1.29, 1.82) is 0 Å². The zero-order chi connectivity index (χ0) is 12.8. The van der Waals surface area contributed by atoms with E-state index in [1.165, 1.54) is 25.7 Å². The third-order valence-corrected chi connectivity index (χ3v) is 4.31. The quantitative estimate of drug-likeness (QED) is 0.765. The Morgan fingerprint density at radius 2 is 1.89 bits per heavy atom. The standard InChI is InChI=1S/C14H26N2O2/c1-18-9-5-4-8-15-14(17)16-10-12-6-2-3-7-13(12)11-16/h12-13H,2-11H2,1H3,(H,15,17)/t12-,13-/m0/s1. The fourth-order valence-corrected chi connectivity index (χ4v) is 3.25. The number of hydrogen-bond donors (Lipinski definition) is 1. The van der Waals surface area contributed by atoms with Crippen molar-refractivity contribution in [1.82, 2.24) is 10.2 Å². The molecule has 1 saturated carbocycles. The second-order valence-electron chi connectivity index (χ2n) is 5.64. The first kappa shape index (κ1) is 13.7. The van der Waals surface area contributed by atoms with Crippen LogP contribution in [0.1, 0.15) is 38.5 Å². The first-order valence-electron chi connectivity index (χ1n) is 7.33. The van der Waals surface area contributed by atoms with Gasteiger partial charge in [0.05, 0.1) is 0 Å². The Morgan fingerprint density at radius 3 is 2.50 bits per heavy atom. The molecule has 2 amide bonds. The Balaban J connectivity index is 1.64. The van der Waals surface area contributed by atoms with Gasteiger partial charge in [-0.15, -0.1) is 0 Å². The Labute approximate surface area is 110 Å². The number of likely N-dealkylation sites (tertiary alicyclic amines) is 1. The van der Waals surface area contributed by atoms with Gasteiger partial charge in [0.15, 0.2) is 0 Å². The van der Waals surface area contributed by atoms with E-state index >= 15 is 0 Å². The molecule has 4 nitrogen and oxygen atoms in total. The Kier molecular flexibility index (Phi) is 5.29. The van der Waals surface area contributed by atoms with Gasteiger partial charge in [-0.2, -0.15) is 0 Å². The van der Waals surface area contributed by atoms with Crippen molar-refractivity contribution in [3.8, 4) is 0 Å². The van der Waals surface area contributed by atoms with E-state index in [1.807, 2.05) is 4.90 Å². The van der Waals surface area contributed by atoms with Crippen LogP contribution in [0.5, 0.6) is 0 Å². The molecule has 2 atom stereocenters. The van der Waals surface area contributed by atoms with Crippen LogP contribution in [0.2, 0.25) is 0 Å². The summed E-state index contributed by atoms with van der Waals surface area (Å²) in [7, 11) is 1.71. The van der Waals surface area contributed by atoms with Crippen molar-refractivity contribution in [3.63, 3.8) is 0 Å². The van der Waals surface area contributed by atoms with Crippen molar-refractivity contribution in [2.75, 3.05) is 33.4 Å². The second-order valence-corrected chi connectivity index (χ2v) is 5.64. The maximum atomic E-state index is 12.0. The summed E-state index contributed by atoms with van der Waals surface area (Å²) in [5.74, 6) is 1.55. The summed E-state index contributed by atoms with van der Waals surface area (Å²) in [5, 5.41) is 3.02. The Hall–Kier alpha value is -0.770. The molecule has 4 heteroatoms. The van der Waals surface area contributed by atoms with E-state index in [1.54, 1.807) is 7.11 Å². The first-order chi connectivity index (χ1) is 8.81. The summed E-state index contributed by atoms with van der Waals surface area (Å²) in [5.41, 5.74) is 0. The molecule has 1 heterocycles. The molecule has 104 valence electrons. The molecule has 1 saturated heterocycles. The molecule has 1 aliphatic carbocycles. The minimum absolute atomic E-state index is 0.141. The van der Waals surface area contributed by atoms with Gasteiger partial charge in [-0.3, -0.25) is 0 Å². The van der Waals surface area contributed by atoms with E-state index in [0.29, 0.717) is 0 Å². The number of ether oxygens (including phenoxy) is 1. The molecule has 0 unspecified atom stereocenters. The number of carbonyl (C=O) groups is 1. The highest BCUT2D eigenvalue weighted by atomic mass is 16.5. The van der Waals surface area contributed by atoms with E-state index in [-0.39, 0.29) is 6.03 Å². The van der Waals surface area contributed by atoms with Gasteiger partial charge in [0.2, 0.25) is 0 Å². The van der Waals surface area contributed by atoms with Gasteiger partial charge in [-0.05, 0) is 37.5 Å². The predicted octanol–water partition coefficient (Wildman–Crippen LogP) is 2.24. The van der Waals surface area contributed by atoms with Gasteiger partial charge in [0, 0.05) is 33.4 Å². The van der Waals surface area contributed by atoms with Crippen molar-refractivity contribution in [3.05, 3.63) is 0 Å². The van der Waals surface area contributed by atoms with Crippen LogP contribution in [-0.2, 0) is 4.74 Å². The highest BCUT2D eigenvalue weighted by molar-refractivity contribution is 5.74. The van der Waals surface area contributed by atoms with Gasteiger partial charge in [0.1, 0.15) is 0 Å². The summed E-state index contributed by atoms with van der Waals surface area (Å²) in [6.45, 7) is 3.51. The largest absolute Gasteiger partial charge is 0.385 e. The van der Waals surface area contributed by atoms with Gasteiger partial charge >= 0.3 is 6.03 Å². The zero-order valence-electron chi connectivity index (χ0n) is 11.5. The van der Waals surface area contributed by atoms with Crippen LogP contribution in [0, 0.1) is 11.8 Å². The van der Waals surface area contributed by atoms with Crippen molar-refractivity contribution < 1.29 is 9.53 Å². The number of fused-ring (bicyclic) bond motifs is 1. The van der Waals surface area contributed by atoms with Crippen LogP contribution in [0.4, 0.5) is 4.79 Å². The first-order valence-corrected chi connectivity index (χ1v) is 7.33. The molecule has 0 radical (unpaired) electrons. The average molecular weight is 254 g/mol. The zero-order valence-corrected chi connectivity index (χ0v) is 11.5. The van der Waals surface area contributed by atoms with E-state index in [9.17, 15) is 4.79 Å². The highest BCUT2D eigenvalue weighted by Gasteiger charge is 2.36. The lowest BCUT2D eigenvalue weighted by Gasteiger charge is -2.22. The van der Waals surface area contributed by atoms with E-state index < -0.39 is 0 Å². The maximum absolute atomic E-state index is 12.0. The number of nitrogens with zero attached hydrogens (tertiary/aromatic N) is 1. The van der Waals surface area contributed by atoms with Gasteiger partial charge in [-0.1, -0.05) is 12.8 Å². The van der Waals surface area contributed by atoms with Gasteiger partial charge < -0.3 is 15.0 Å². The molecule has 2 fully saturated rings. The fourth-order valence-electron chi connectivity index (χ4n) is 3.25. The third-order valence-electron chi connectivity index (χ3n) is 4.31. The average Bonchev–Trinajstić information content (AvgIpc) is 2.82. The van der Waals surface area contributed by atoms with Crippen LogP contribution in [-0.4, -0.2) is 44.3 Å². The summed E-state index contributed by atoms with van der Waals surface area (Å²) >= 11 is 0. The topological polar surface area (TPSA) is 41.6 Å². The number of hydrogen-bond acceptors (Lipinski definition) is 2.